The molecule has 3 nitrogen and oxygen atoms in total. The zero-order valence-corrected chi connectivity index (χ0v) is 9.03. The number of carboxylic acid groups (broad SMARTS) is 1. The van der Waals surface area contributed by atoms with Crippen LogP contribution in [0.3, 0.4) is 0 Å². The summed E-state index contributed by atoms with van der Waals surface area (Å²) in [7, 11) is 0. The number of rotatable bonds is 2. The number of halogens is 1. The topological polar surface area (TPSA) is 49.3 Å². The van der Waals surface area contributed by atoms with E-state index in [1.165, 1.54) is 12.1 Å². The second-order valence-electron chi connectivity index (χ2n) is 4.21. The highest BCUT2D eigenvalue weighted by Gasteiger charge is 2.34. The van der Waals surface area contributed by atoms with Gasteiger partial charge in [0.05, 0.1) is 5.92 Å². The van der Waals surface area contributed by atoms with Crippen LogP contribution in [0.4, 0.5) is 4.39 Å². The normalized spacial score (nSPS) is 24.6. The van der Waals surface area contributed by atoms with Gasteiger partial charge in [0.15, 0.2) is 0 Å². The molecule has 0 amide bonds. The summed E-state index contributed by atoms with van der Waals surface area (Å²) >= 11 is 0. The van der Waals surface area contributed by atoms with Gasteiger partial charge in [-0.3, -0.25) is 4.79 Å². The maximum atomic E-state index is 13.2. The van der Waals surface area contributed by atoms with Gasteiger partial charge in [0, 0.05) is 19.0 Å². The number of carbonyl (C=O) groups is 1. The fourth-order valence-corrected chi connectivity index (χ4v) is 2.28. The van der Waals surface area contributed by atoms with Gasteiger partial charge in [0.2, 0.25) is 0 Å². The smallest absolute Gasteiger partial charge is 0.308 e. The van der Waals surface area contributed by atoms with E-state index in [2.05, 4.69) is 5.32 Å². The van der Waals surface area contributed by atoms with Crippen molar-refractivity contribution in [3.8, 4) is 0 Å². The minimum absolute atomic E-state index is 0.131. The van der Waals surface area contributed by atoms with Crippen LogP contribution in [0.5, 0.6) is 0 Å². The Morgan fingerprint density at radius 1 is 1.50 bits per heavy atom. The number of benzene rings is 1. The van der Waals surface area contributed by atoms with Crippen LogP contribution >= 0.6 is 0 Å². The van der Waals surface area contributed by atoms with Crippen molar-refractivity contribution in [2.24, 2.45) is 5.92 Å². The molecule has 2 rings (SSSR count). The summed E-state index contributed by atoms with van der Waals surface area (Å²) in [5.41, 5.74) is 1.75. The summed E-state index contributed by atoms with van der Waals surface area (Å²) in [6.45, 7) is 2.93. The second kappa shape index (κ2) is 4.22. The summed E-state index contributed by atoms with van der Waals surface area (Å²) in [5, 5.41) is 12.1. The van der Waals surface area contributed by atoms with Crippen LogP contribution in [0.15, 0.2) is 18.2 Å². The van der Waals surface area contributed by atoms with Gasteiger partial charge >= 0.3 is 5.97 Å². The van der Waals surface area contributed by atoms with Crippen LogP contribution in [-0.4, -0.2) is 24.2 Å². The lowest BCUT2D eigenvalue weighted by atomic mass is 9.86. The van der Waals surface area contributed by atoms with Gasteiger partial charge in [-0.15, -0.1) is 0 Å². The molecule has 0 radical (unpaired) electrons. The molecule has 1 aromatic rings. The molecule has 2 atom stereocenters. The third-order valence-corrected chi connectivity index (χ3v) is 3.17. The molecule has 4 heteroatoms. The van der Waals surface area contributed by atoms with Crippen molar-refractivity contribution in [3.63, 3.8) is 0 Å². The van der Waals surface area contributed by atoms with Gasteiger partial charge in [-0.1, -0.05) is 6.07 Å². The Morgan fingerprint density at radius 2 is 2.25 bits per heavy atom. The number of hydrogen-bond acceptors (Lipinski definition) is 2. The second-order valence-corrected chi connectivity index (χ2v) is 4.21. The van der Waals surface area contributed by atoms with E-state index in [9.17, 15) is 9.18 Å². The number of aryl methyl sites for hydroxylation is 1. The van der Waals surface area contributed by atoms with Gasteiger partial charge in [-0.05, 0) is 30.2 Å². The highest BCUT2D eigenvalue weighted by atomic mass is 19.1. The van der Waals surface area contributed by atoms with Crippen LogP contribution in [-0.2, 0) is 4.79 Å². The third kappa shape index (κ3) is 1.93. The van der Waals surface area contributed by atoms with Crippen molar-refractivity contribution in [3.05, 3.63) is 35.1 Å². The first kappa shape index (κ1) is 11.1. The molecule has 1 aliphatic rings. The summed E-state index contributed by atoms with van der Waals surface area (Å²) < 4.78 is 13.2. The van der Waals surface area contributed by atoms with Crippen LogP contribution in [0.2, 0.25) is 0 Å². The van der Waals surface area contributed by atoms with E-state index in [0.29, 0.717) is 13.1 Å². The van der Waals surface area contributed by atoms with Crippen molar-refractivity contribution in [2.45, 2.75) is 12.8 Å². The fourth-order valence-electron chi connectivity index (χ4n) is 2.28. The van der Waals surface area contributed by atoms with Crippen LogP contribution in [0.1, 0.15) is 17.0 Å². The van der Waals surface area contributed by atoms with Crippen LogP contribution in [0.25, 0.3) is 0 Å². The highest BCUT2D eigenvalue weighted by Crippen LogP contribution is 2.30. The van der Waals surface area contributed by atoms with Gasteiger partial charge < -0.3 is 10.4 Å². The highest BCUT2D eigenvalue weighted by molar-refractivity contribution is 5.72. The molecule has 16 heavy (non-hydrogen) atoms. The molecular weight excluding hydrogens is 209 g/mol. The van der Waals surface area contributed by atoms with Gasteiger partial charge in [-0.25, -0.2) is 4.39 Å². The quantitative estimate of drug-likeness (QED) is 0.799. The lowest BCUT2D eigenvalue weighted by Crippen LogP contribution is -2.21. The minimum atomic E-state index is -0.821. The van der Waals surface area contributed by atoms with Crippen molar-refractivity contribution < 1.29 is 14.3 Å². The molecule has 1 heterocycles. The van der Waals surface area contributed by atoms with Crippen molar-refractivity contribution in [1.29, 1.82) is 0 Å². The average Bonchev–Trinajstić information content (AvgIpc) is 2.70. The largest absolute Gasteiger partial charge is 0.481 e. The number of nitrogens with one attached hydrogen (secondary N) is 1. The minimum Gasteiger partial charge on any atom is -0.481 e. The number of hydrogen-bond donors (Lipinski definition) is 2. The first-order valence-electron chi connectivity index (χ1n) is 5.29. The summed E-state index contributed by atoms with van der Waals surface area (Å²) in [6, 6.07) is 4.54. The molecule has 0 aromatic heterocycles. The molecule has 1 aliphatic heterocycles. The summed E-state index contributed by atoms with van der Waals surface area (Å²) in [4.78, 5) is 11.0. The number of carboxylic acids is 1. The molecule has 0 bridgehead atoms. The Balaban J connectivity index is 2.35. The Hall–Kier alpha value is -1.42. The molecule has 1 saturated heterocycles. The van der Waals surface area contributed by atoms with Gasteiger partial charge in [-0.2, -0.15) is 0 Å². The third-order valence-electron chi connectivity index (χ3n) is 3.17. The predicted octanol–water partition coefficient (Wildman–Crippen LogP) is 1.52. The molecule has 2 N–H and O–H groups in total. The maximum Gasteiger partial charge on any atom is 0.308 e. The van der Waals surface area contributed by atoms with E-state index in [-0.39, 0.29) is 11.7 Å². The molecule has 1 fully saturated rings. The first-order valence-corrected chi connectivity index (χ1v) is 5.29. The van der Waals surface area contributed by atoms with Crippen molar-refractivity contribution in [1.82, 2.24) is 5.32 Å². The van der Waals surface area contributed by atoms with Crippen LogP contribution < -0.4 is 5.32 Å². The zero-order valence-electron chi connectivity index (χ0n) is 9.03. The lowest BCUT2D eigenvalue weighted by Gasteiger charge is -2.17. The molecular formula is C12H14FNO2. The molecule has 86 valence electrons. The summed E-state index contributed by atoms with van der Waals surface area (Å²) in [6.07, 6.45) is 0. The molecule has 0 spiro atoms. The SMILES string of the molecule is Cc1ccc(F)cc1[C@@H]1CNC[C@H]1C(=O)O. The lowest BCUT2D eigenvalue weighted by molar-refractivity contribution is -0.141. The average molecular weight is 223 g/mol. The predicted molar refractivity (Wildman–Crippen MR) is 57.9 cm³/mol. The van der Waals surface area contributed by atoms with Gasteiger partial charge in [0.25, 0.3) is 0 Å². The van der Waals surface area contributed by atoms with E-state index in [0.717, 1.165) is 11.1 Å². The first-order chi connectivity index (χ1) is 7.59. The summed E-state index contributed by atoms with van der Waals surface area (Å²) in [5.74, 6) is -1.72. The van der Waals surface area contributed by atoms with E-state index >= 15 is 0 Å². The Bertz CT molecular complexity index is 419. The maximum absolute atomic E-state index is 13.2. The monoisotopic (exact) mass is 223 g/mol. The van der Waals surface area contributed by atoms with E-state index < -0.39 is 11.9 Å². The van der Waals surface area contributed by atoms with E-state index in [4.69, 9.17) is 5.11 Å². The van der Waals surface area contributed by atoms with E-state index in [1.807, 2.05) is 6.92 Å². The number of aliphatic carboxylic acids is 1. The van der Waals surface area contributed by atoms with Crippen LogP contribution in [0, 0.1) is 18.7 Å². The van der Waals surface area contributed by atoms with E-state index in [1.54, 1.807) is 6.07 Å². The molecule has 0 aliphatic carbocycles. The zero-order chi connectivity index (χ0) is 11.7. The molecule has 0 unspecified atom stereocenters. The standard InChI is InChI=1S/C12H14FNO2/c1-7-2-3-8(13)4-9(7)10-5-14-6-11(10)12(15)16/h2-4,10-11,14H,5-6H2,1H3,(H,15,16)/t10-,11+/m0/s1. The molecule has 1 aromatic carbocycles. The Kier molecular flexibility index (Phi) is 2.92. The van der Waals surface area contributed by atoms with Gasteiger partial charge in [0.1, 0.15) is 5.82 Å². The Labute approximate surface area is 93.3 Å². The van der Waals surface area contributed by atoms with Crippen molar-refractivity contribution >= 4 is 5.97 Å². The molecule has 0 saturated carbocycles. The van der Waals surface area contributed by atoms with Crippen molar-refractivity contribution in [2.75, 3.05) is 13.1 Å². The fraction of sp³-hybridized carbons (Fsp3) is 0.417. The Morgan fingerprint density at radius 3 is 2.94 bits per heavy atom.